The third-order valence-electron chi connectivity index (χ3n) is 3.94. The molecule has 0 amide bonds. The summed E-state index contributed by atoms with van der Waals surface area (Å²) in [6.45, 7) is 2.16. The van der Waals surface area contributed by atoms with E-state index in [2.05, 4.69) is 80.5 Å². The molecule has 0 atom stereocenters. The quantitative estimate of drug-likeness (QED) is 0.685. The van der Waals surface area contributed by atoms with E-state index in [4.69, 9.17) is 0 Å². The molecule has 0 heterocycles. The molecule has 0 bridgehead atoms. The molecule has 0 radical (unpaired) electrons. The third kappa shape index (κ3) is 3.09. The molecule has 2 aromatic carbocycles. The summed E-state index contributed by atoms with van der Waals surface area (Å²) in [4.78, 5) is 0. The van der Waals surface area contributed by atoms with E-state index in [0.29, 0.717) is 12.0 Å². The highest BCUT2D eigenvalue weighted by Crippen LogP contribution is 2.40. The van der Waals surface area contributed by atoms with Crippen molar-refractivity contribution >= 4 is 37.5 Å². The minimum Gasteiger partial charge on any atom is -0.381 e. The number of nitrogens with one attached hydrogen (secondary N) is 1. The van der Waals surface area contributed by atoms with Crippen molar-refractivity contribution in [2.24, 2.45) is 0 Å². The van der Waals surface area contributed by atoms with Crippen LogP contribution in [0.4, 0.5) is 5.69 Å². The van der Waals surface area contributed by atoms with E-state index in [1.165, 1.54) is 29.7 Å². The lowest BCUT2D eigenvalue weighted by molar-refractivity contribution is 0.374. The minimum absolute atomic E-state index is 0.575. The highest BCUT2D eigenvalue weighted by atomic mass is 79.9. The molecule has 1 aliphatic carbocycles. The molecule has 0 unspecified atom stereocenters. The van der Waals surface area contributed by atoms with Crippen LogP contribution >= 0.6 is 31.9 Å². The molecule has 1 nitrogen and oxygen atoms in total. The van der Waals surface area contributed by atoms with Crippen LogP contribution in [-0.2, 0) is 0 Å². The van der Waals surface area contributed by atoms with E-state index in [0.717, 1.165) is 8.95 Å². The van der Waals surface area contributed by atoms with Gasteiger partial charge in [0.1, 0.15) is 0 Å². The third-order valence-corrected chi connectivity index (χ3v) is 5.12. The highest BCUT2D eigenvalue weighted by molar-refractivity contribution is 9.11. The van der Waals surface area contributed by atoms with E-state index in [9.17, 15) is 0 Å². The molecule has 1 aliphatic rings. The molecule has 3 heteroatoms. The van der Waals surface area contributed by atoms with Crippen LogP contribution in [0.5, 0.6) is 0 Å². The Bertz CT molecular complexity index is 618. The van der Waals surface area contributed by atoms with Crippen molar-refractivity contribution in [2.75, 3.05) is 5.32 Å². The Labute approximate surface area is 137 Å². The first-order valence-corrected chi connectivity index (χ1v) is 8.48. The molecular formula is C17H17Br2N. The lowest BCUT2D eigenvalue weighted by atomic mass is 9.75. The molecule has 0 saturated heterocycles. The number of halogens is 2. The average molecular weight is 395 g/mol. The maximum absolute atomic E-state index is 3.62. The predicted octanol–water partition coefficient (Wildman–Crippen LogP) is 5.88. The summed E-state index contributed by atoms with van der Waals surface area (Å²) >= 11 is 7.12. The maximum atomic E-state index is 3.62. The van der Waals surface area contributed by atoms with Crippen LogP contribution in [0, 0.1) is 6.92 Å². The van der Waals surface area contributed by atoms with E-state index >= 15 is 0 Å². The Morgan fingerprint density at radius 2 is 1.85 bits per heavy atom. The molecule has 0 aliphatic heterocycles. The van der Waals surface area contributed by atoms with Crippen molar-refractivity contribution in [3.05, 3.63) is 62.5 Å². The van der Waals surface area contributed by atoms with Gasteiger partial charge in [0, 0.05) is 20.7 Å². The second kappa shape index (κ2) is 5.90. The first-order valence-electron chi connectivity index (χ1n) is 6.90. The fourth-order valence-corrected chi connectivity index (χ4v) is 3.48. The highest BCUT2D eigenvalue weighted by Gasteiger charge is 2.30. The number of hydrogen-bond donors (Lipinski definition) is 1. The van der Waals surface area contributed by atoms with Gasteiger partial charge in [-0.05, 0) is 65.4 Å². The Morgan fingerprint density at radius 1 is 1.05 bits per heavy atom. The number of benzene rings is 2. The van der Waals surface area contributed by atoms with Gasteiger partial charge in [0.05, 0.1) is 0 Å². The topological polar surface area (TPSA) is 12.0 Å². The molecule has 3 rings (SSSR count). The van der Waals surface area contributed by atoms with Gasteiger partial charge in [-0.15, -0.1) is 0 Å². The fraction of sp³-hybridized carbons (Fsp3) is 0.294. The SMILES string of the molecule is Cc1cccc(C2CC(Nc3cc(Br)ccc3Br)C2)c1. The summed E-state index contributed by atoms with van der Waals surface area (Å²) in [5.74, 6) is 0.707. The largest absolute Gasteiger partial charge is 0.381 e. The summed E-state index contributed by atoms with van der Waals surface area (Å²) in [7, 11) is 0. The van der Waals surface area contributed by atoms with Gasteiger partial charge in [-0.25, -0.2) is 0 Å². The normalized spacial score (nSPS) is 21.4. The van der Waals surface area contributed by atoms with E-state index < -0.39 is 0 Å². The van der Waals surface area contributed by atoms with Crippen LogP contribution < -0.4 is 5.32 Å². The van der Waals surface area contributed by atoms with Crippen molar-refractivity contribution < 1.29 is 0 Å². The summed E-state index contributed by atoms with van der Waals surface area (Å²) in [6, 6.07) is 15.7. The van der Waals surface area contributed by atoms with Gasteiger partial charge in [-0.2, -0.15) is 0 Å². The molecule has 1 N–H and O–H groups in total. The Hall–Kier alpha value is -0.800. The number of rotatable bonds is 3. The summed E-state index contributed by atoms with van der Waals surface area (Å²) < 4.78 is 2.23. The second-order valence-electron chi connectivity index (χ2n) is 5.55. The minimum atomic E-state index is 0.575. The van der Waals surface area contributed by atoms with E-state index in [-0.39, 0.29) is 0 Å². The molecule has 1 saturated carbocycles. The standard InChI is InChI=1S/C17H17Br2N/c1-11-3-2-4-12(7-11)13-8-15(9-13)20-17-10-14(18)5-6-16(17)19/h2-7,10,13,15,20H,8-9H2,1H3. The van der Waals surface area contributed by atoms with Gasteiger partial charge in [0.2, 0.25) is 0 Å². The first kappa shape index (κ1) is 14.2. The predicted molar refractivity (Wildman–Crippen MR) is 92.4 cm³/mol. The molecule has 1 fully saturated rings. The molecule has 0 aromatic heterocycles. The molecule has 2 aromatic rings. The zero-order valence-corrected chi connectivity index (χ0v) is 14.5. The van der Waals surface area contributed by atoms with Crippen molar-refractivity contribution in [1.29, 1.82) is 0 Å². The number of aryl methyl sites for hydroxylation is 1. The second-order valence-corrected chi connectivity index (χ2v) is 7.32. The summed E-state index contributed by atoms with van der Waals surface area (Å²) in [6.07, 6.45) is 2.42. The Morgan fingerprint density at radius 3 is 2.60 bits per heavy atom. The van der Waals surface area contributed by atoms with E-state index in [1.54, 1.807) is 0 Å². The Kier molecular flexibility index (Phi) is 4.18. The fourth-order valence-electron chi connectivity index (χ4n) is 2.76. The lowest BCUT2D eigenvalue weighted by Crippen LogP contribution is -2.34. The van der Waals surface area contributed by atoms with Crippen LogP contribution in [-0.4, -0.2) is 6.04 Å². The van der Waals surface area contributed by atoms with Crippen LogP contribution in [0.15, 0.2) is 51.4 Å². The van der Waals surface area contributed by atoms with Crippen LogP contribution in [0.3, 0.4) is 0 Å². The van der Waals surface area contributed by atoms with Crippen molar-refractivity contribution in [2.45, 2.75) is 31.7 Å². The smallest absolute Gasteiger partial charge is 0.0498 e. The number of hydrogen-bond acceptors (Lipinski definition) is 1. The van der Waals surface area contributed by atoms with Gasteiger partial charge in [0.25, 0.3) is 0 Å². The zero-order chi connectivity index (χ0) is 14.1. The van der Waals surface area contributed by atoms with Gasteiger partial charge in [-0.3, -0.25) is 0 Å². The van der Waals surface area contributed by atoms with Gasteiger partial charge >= 0.3 is 0 Å². The number of anilines is 1. The van der Waals surface area contributed by atoms with Crippen LogP contribution in [0.2, 0.25) is 0 Å². The summed E-state index contributed by atoms with van der Waals surface area (Å²) in [5, 5.41) is 3.62. The van der Waals surface area contributed by atoms with Gasteiger partial charge < -0.3 is 5.32 Å². The maximum Gasteiger partial charge on any atom is 0.0498 e. The molecule has 0 spiro atoms. The molecular weight excluding hydrogens is 378 g/mol. The monoisotopic (exact) mass is 393 g/mol. The molecule has 104 valence electrons. The lowest BCUT2D eigenvalue weighted by Gasteiger charge is -2.37. The first-order chi connectivity index (χ1) is 9.61. The van der Waals surface area contributed by atoms with Crippen molar-refractivity contribution in [3.63, 3.8) is 0 Å². The van der Waals surface area contributed by atoms with Crippen LogP contribution in [0.25, 0.3) is 0 Å². The Balaban J connectivity index is 1.62. The van der Waals surface area contributed by atoms with Crippen molar-refractivity contribution in [3.8, 4) is 0 Å². The summed E-state index contributed by atoms with van der Waals surface area (Å²) in [5.41, 5.74) is 4.01. The van der Waals surface area contributed by atoms with Gasteiger partial charge in [0.15, 0.2) is 0 Å². The zero-order valence-electron chi connectivity index (χ0n) is 11.4. The van der Waals surface area contributed by atoms with Crippen LogP contribution in [0.1, 0.15) is 29.9 Å². The molecule has 20 heavy (non-hydrogen) atoms. The van der Waals surface area contributed by atoms with Crippen molar-refractivity contribution in [1.82, 2.24) is 0 Å². The average Bonchev–Trinajstić information content (AvgIpc) is 2.37. The van der Waals surface area contributed by atoms with Gasteiger partial charge in [-0.1, -0.05) is 45.8 Å². The van der Waals surface area contributed by atoms with E-state index in [1.807, 2.05) is 6.07 Å².